The van der Waals surface area contributed by atoms with Crippen molar-refractivity contribution in [2.24, 2.45) is 0 Å². The molecule has 0 aromatic heterocycles. The maximum Gasteiger partial charge on any atom is 0.0341 e. The second-order valence-corrected chi connectivity index (χ2v) is 5.01. The summed E-state index contributed by atoms with van der Waals surface area (Å²) in [5, 5.41) is 3.42. The number of anilines is 1. The summed E-state index contributed by atoms with van der Waals surface area (Å²) in [6, 6.07) is 8.30. The highest BCUT2D eigenvalue weighted by molar-refractivity contribution is 9.10. The predicted octanol–water partition coefficient (Wildman–Crippen LogP) is 3.59. The van der Waals surface area contributed by atoms with Crippen molar-refractivity contribution < 1.29 is 0 Å². The number of hydrogen-bond donors (Lipinski definition) is 1. The third kappa shape index (κ3) is 5.52. The van der Waals surface area contributed by atoms with Crippen LogP contribution >= 0.6 is 15.9 Å². The van der Waals surface area contributed by atoms with Crippen LogP contribution in [0.5, 0.6) is 0 Å². The molecule has 0 aliphatic rings. The Hall–Kier alpha value is -0.540. The van der Waals surface area contributed by atoms with Crippen LogP contribution in [0.15, 0.2) is 28.7 Å². The number of likely N-dealkylation sites (N-methyl/N-ethyl adjacent to an activating group) is 1. The highest BCUT2D eigenvalue weighted by Crippen LogP contribution is 2.13. The fraction of sp³-hybridized carbons (Fsp3) is 0.538. The molecule has 0 spiro atoms. The van der Waals surface area contributed by atoms with Gasteiger partial charge in [-0.2, -0.15) is 0 Å². The molecule has 0 aliphatic heterocycles. The monoisotopic (exact) mass is 284 g/mol. The van der Waals surface area contributed by atoms with Gasteiger partial charge in [0.15, 0.2) is 0 Å². The first-order valence-corrected chi connectivity index (χ1v) is 6.69. The fourth-order valence-corrected chi connectivity index (χ4v) is 1.76. The molecule has 0 atom stereocenters. The Bertz CT molecular complexity index is 284. The zero-order valence-corrected chi connectivity index (χ0v) is 11.8. The van der Waals surface area contributed by atoms with E-state index in [0.29, 0.717) is 0 Å². The van der Waals surface area contributed by atoms with Crippen LogP contribution in [0.25, 0.3) is 0 Å². The van der Waals surface area contributed by atoms with E-state index < -0.39 is 0 Å². The Morgan fingerprint density at radius 1 is 1.19 bits per heavy atom. The predicted molar refractivity (Wildman–Crippen MR) is 75.0 cm³/mol. The van der Waals surface area contributed by atoms with Gasteiger partial charge in [0.05, 0.1) is 0 Å². The molecule has 1 rings (SSSR count). The Labute approximate surface area is 107 Å². The van der Waals surface area contributed by atoms with Gasteiger partial charge in [-0.05, 0) is 44.3 Å². The first kappa shape index (κ1) is 13.5. The smallest absolute Gasteiger partial charge is 0.0341 e. The number of hydrogen-bond acceptors (Lipinski definition) is 2. The van der Waals surface area contributed by atoms with E-state index in [1.165, 1.54) is 25.1 Å². The summed E-state index contributed by atoms with van der Waals surface area (Å²) in [5.41, 5.74) is 1.19. The van der Waals surface area contributed by atoms with Gasteiger partial charge in [-0.1, -0.05) is 29.3 Å². The average molecular weight is 285 g/mol. The van der Waals surface area contributed by atoms with E-state index >= 15 is 0 Å². The molecule has 2 nitrogen and oxygen atoms in total. The summed E-state index contributed by atoms with van der Waals surface area (Å²) >= 11 is 3.43. The fourth-order valence-electron chi connectivity index (χ4n) is 1.50. The van der Waals surface area contributed by atoms with Crippen LogP contribution in [0.1, 0.15) is 19.8 Å². The average Bonchev–Trinajstić information content (AvgIpc) is 2.29. The molecule has 0 amide bonds. The molecule has 90 valence electrons. The van der Waals surface area contributed by atoms with Gasteiger partial charge in [-0.3, -0.25) is 0 Å². The third-order valence-corrected chi connectivity index (χ3v) is 3.09. The molecular formula is C13H21BrN2. The lowest BCUT2D eigenvalue weighted by Crippen LogP contribution is -2.26. The first-order chi connectivity index (χ1) is 7.72. The largest absolute Gasteiger partial charge is 0.384 e. The zero-order valence-electron chi connectivity index (χ0n) is 10.2. The van der Waals surface area contributed by atoms with Crippen molar-refractivity contribution in [1.29, 1.82) is 0 Å². The molecule has 1 aromatic rings. The first-order valence-electron chi connectivity index (χ1n) is 5.90. The van der Waals surface area contributed by atoms with Crippen LogP contribution in [0.3, 0.4) is 0 Å². The molecule has 0 saturated heterocycles. The van der Waals surface area contributed by atoms with Crippen LogP contribution in [0.4, 0.5) is 5.69 Å². The van der Waals surface area contributed by atoms with Crippen LogP contribution in [-0.4, -0.2) is 31.6 Å². The van der Waals surface area contributed by atoms with Gasteiger partial charge in [-0.25, -0.2) is 0 Å². The summed E-state index contributed by atoms with van der Waals surface area (Å²) in [5.74, 6) is 0. The lowest BCUT2D eigenvalue weighted by molar-refractivity contribution is 0.340. The van der Waals surface area contributed by atoms with E-state index in [-0.39, 0.29) is 0 Å². The SMILES string of the molecule is CCCCN(C)CCNc1ccc(Br)cc1. The molecule has 0 saturated carbocycles. The molecule has 0 bridgehead atoms. The van der Waals surface area contributed by atoms with Crippen LogP contribution < -0.4 is 5.32 Å². The van der Waals surface area contributed by atoms with Gasteiger partial charge in [0.25, 0.3) is 0 Å². The van der Waals surface area contributed by atoms with Gasteiger partial charge in [0.2, 0.25) is 0 Å². The summed E-state index contributed by atoms with van der Waals surface area (Å²) in [4.78, 5) is 2.37. The topological polar surface area (TPSA) is 15.3 Å². The van der Waals surface area contributed by atoms with Crippen molar-refractivity contribution in [2.75, 3.05) is 32.0 Å². The summed E-state index contributed by atoms with van der Waals surface area (Å²) in [6.45, 7) is 5.52. The van der Waals surface area contributed by atoms with E-state index in [2.05, 4.69) is 64.4 Å². The quantitative estimate of drug-likeness (QED) is 0.823. The minimum absolute atomic E-state index is 1.00. The van der Waals surface area contributed by atoms with Crippen molar-refractivity contribution in [3.63, 3.8) is 0 Å². The van der Waals surface area contributed by atoms with Crippen LogP contribution in [0.2, 0.25) is 0 Å². The number of nitrogens with one attached hydrogen (secondary N) is 1. The van der Waals surface area contributed by atoms with Gasteiger partial charge in [-0.15, -0.1) is 0 Å². The van der Waals surface area contributed by atoms with Crippen molar-refractivity contribution in [1.82, 2.24) is 4.90 Å². The Morgan fingerprint density at radius 3 is 2.50 bits per heavy atom. The highest BCUT2D eigenvalue weighted by atomic mass is 79.9. The van der Waals surface area contributed by atoms with Crippen molar-refractivity contribution in [2.45, 2.75) is 19.8 Å². The molecule has 3 heteroatoms. The summed E-state index contributed by atoms with van der Waals surface area (Å²) in [7, 11) is 2.18. The number of nitrogens with zero attached hydrogens (tertiary/aromatic N) is 1. The molecule has 0 aliphatic carbocycles. The van der Waals surface area contributed by atoms with Crippen LogP contribution in [-0.2, 0) is 0 Å². The third-order valence-electron chi connectivity index (χ3n) is 2.56. The standard InChI is InChI=1S/C13H21BrN2/c1-3-4-10-16(2)11-9-15-13-7-5-12(14)6-8-13/h5-8,15H,3-4,9-11H2,1-2H3. The lowest BCUT2D eigenvalue weighted by atomic mass is 10.3. The van der Waals surface area contributed by atoms with Crippen molar-refractivity contribution >= 4 is 21.6 Å². The summed E-state index contributed by atoms with van der Waals surface area (Å²) in [6.07, 6.45) is 2.55. The molecular weight excluding hydrogens is 264 g/mol. The lowest BCUT2D eigenvalue weighted by Gasteiger charge is -2.16. The van der Waals surface area contributed by atoms with E-state index in [1.807, 2.05) is 0 Å². The molecule has 1 aromatic carbocycles. The Balaban J connectivity index is 2.17. The van der Waals surface area contributed by atoms with Crippen LogP contribution in [0, 0.1) is 0 Å². The van der Waals surface area contributed by atoms with Gasteiger partial charge in [0.1, 0.15) is 0 Å². The molecule has 0 radical (unpaired) electrons. The van der Waals surface area contributed by atoms with Crippen molar-refractivity contribution in [3.8, 4) is 0 Å². The number of rotatable bonds is 7. The molecule has 0 fully saturated rings. The van der Waals surface area contributed by atoms with Gasteiger partial charge < -0.3 is 10.2 Å². The van der Waals surface area contributed by atoms with E-state index in [1.54, 1.807) is 0 Å². The van der Waals surface area contributed by atoms with E-state index in [4.69, 9.17) is 0 Å². The second kappa shape index (κ2) is 7.69. The number of benzene rings is 1. The Morgan fingerprint density at radius 2 is 1.88 bits per heavy atom. The van der Waals surface area contributed by atoms with Gasteiger partial charge >= 0.3 is 0 Å². The normalized spacial score (nSPS) is 10.8. The molecule has 0 unspecified atom stereocenters. The Kier molecular flexibility index (Phi) is 6.50. The number of halogens is 1. The maximum atomic E-state index is 3.43. The summed E-state index contributed by atoms with van der Waals surface area (Å²) < 4.78 is 1.12. The van der Waals surface area contributed by atoms with E-state index in [0.717, 1.165) is 17.6 Å². The zero-order chi connectivity index (χ0) is 11.8. The van der Waals surface area contributed by atoms with Gasteiger partial charge in [0, 0.05) is 23.2 Å². The highest BCUT2D eigenvalue weighted by Gasteiger charge is 1.97. The molecule has 16 heavy (non-hydrogen) atoms. The second-order valence-electron chi connectivity index (χ2n) is 4.09. The number of unbranched alkanes of at least 4 members (excludes halogenated alkanes) is 1. The molecule has 0 heterocycles. The maximum absolute atomic E-state index is 3.43. The van der Waals surface area contributed by atoms with Crippen molar-refractivity contribution in [3.05, 3.63) is 28.7 Å². The molecule has 1 N–H and O–H groups in total. The minimum Gasteiger partial charge on any atom is -0.384 e. The minimum atomic E-state index is 1.00. The van der Waals surface area contributed by atoms with E-state index in [9.17, 15) is 0 Å².